The lowest BCUT2D eigenvalue weighted by molar-refractivity contribution is -0.123. The van der Waals surface area contributed by atoms with Gasteiger partial charge in [-0.25, -0.2) is 5.43 Å². The van der Waals surface area contributed by atoms with Gasteiger partial charge in [-0.1, -0.05) is 47.5 Å². The fourth-order valence-electron chi connectivity index (χ4n) is 3.29. The number of hydrazone groups is 1. The molecule has 0 aliphatic rings. The zero-order valence-corrected chi connectivity index (χ0v) is 22.7. The average Bonchev–Trinajstić information content (AvgIpc) is 2.87. The molecule has 0 aliphatic carbocycles. The molecule has 4 rings (SSSR count). The lowest BCUT2D eigenvalue weighted by Crippen LogP contribution is -2.24. The van der Waals surface area contributed by atoms with E-state index >= 15 is 0 Å². The summed E-state index contributed by atoms with van der Waals surface area (Å²) in [6.45, 7) is 0.0476. The van der Waals surface area contributed by atoms with Gasteiger partial charge < -0.3 is 14.2 Å². The van der Waals surface area contributed by atoms with Crippen molar-refractivity contribution in [3.05, 3.63) is 91.6 Å². The van der Waals surface area contributed by atoms with Gasteiger partial charge in [0, 0.05) is 27.2 Å². The predicted molar refractivity (Wildman–Crippen MR) is 149 cm³/mol. The molecule has 1 amide bonds. The first-order chi connectivity index (χ1) is 17.4. The summed E-state index contributed by atoms with van der Waals surface area (Å²) in [6.07, 6.45) is 3.19. The molecule has 0 saturated carbocycles. The van der Waals surface area contributed by atoms with Crippen LogP contribution in [0.1, 0.15) is 11.1 Å². The number of ether oxygens (including phenoxy) is 3. The Balaban J connectivity index is 1.36. The second-order valence-electron chi connectivity index (χ2n) is 7.47. The SMILES string of the molecule is COc1cc(/C=N/NC(=O)COc2cccc3cccnc23)cc(I)c1OCc1ccc(Cl)cc1Cl. The number of nitrogens with zero attached hydrogens (tertiary/aromatic N) is 2. The zero-order chi connectivity index (χ0) is 25.5. The lowest BCUT2D eigenvalue weighted by Gasteiger charge is -2.14. The molecule has 1 aromatic heterocycles. The van der Waals surface area contributed by atoms with E-state index in [0.29, 0.717) is 38.4 Å². The normalized spacial score (nSPS) is 11.0. The fourth-order valence-corrected chi connectivity index (χ4v) is 4.53. The first kappa shape index (κ1) is 26.0. The third kappa shape index (κ3) is 6.57. The van der Waals surface area contributed by atoms with Crippen LogP contribution in [0, 0.1) is 3.57 Å². The van der Waals surface area contributed by atoms with E-state index in [1.165, 1.54) is 6.21 Å². The Bertz CT molecular complexity index is 1430. The quantitative estimate of drug-likeness (QED) is 0.133. The van der Waals surface area contributed by atoms with E-state index in [1.54, 1.807) is 37.6 Å². The third-order valence-electron chi connectivity index (χ3n) is 5.00. The highest BCUT2D eigenvalue weighted by molar-refractivity contribution is 14.1. The maximum Gasteiger partial charge on any atom is 0.277 e. The van der Waals surface area contributed by atoms with E-state index in [2.05, 4.69) is 38.1 Å². The Kier molecular flexibility index (Phi) is 8.84. The second-order valence-corrected chi connectivity index (χ2v) is 9.48. The van der Waals surface area contributed by atoms with Crippen LogP contribution in [-0.4, -0.2) is 30.8 Å². The second kappa shape index (κ2) is 12.2. The average molecular weight is 636 g/mol. The van der Waals surface area contributed by atoms with Crippen molar-refractivity contribution in [1.29, 1.82) is 0 Å². The standard InChI is InChI=1S/C26H20Cl2IN3O4/c1-34-23-11-16(10-21(29)26(23)36-14-18-7-8-19(27)12-20(18)28)13-31-32-24(33)15-35-22-6-2-4-17-5-3-9-30-25(17)22/h2-13H,14-15H2,1H3,(H,32,33)/b31-13+. The number of para-hydroxylation sites is 1. The van der Waals surface area contributed by atoms with Crippen LogP contribution in [-0.2, 0) is 11.4 Å². The Morgan fingerprint density at radius 3 is 2.72 bits per heavy atom. The number of carbonyl (C=O) groups is 1. The van der Waals surface area contributed by atoms with Gasteiger partial charge in [-0.05, 0) is 64.6 Å². The summed E-state index contributed by atoms with van der Waals surface area (Å²) in [5.41, 5.74) is 4.67. The minimum absolute atomic E-state index is 0.200. The number of amides is 1. The number of rotatable bonds is 9. The number of nitrogens with one attached hydrogen (secondary N) is 1. The van der Waals surface area contributed by atoms with Gasteiger partial charge in [0.2, 0.25) is 0 Å². The molecule has 0 saturated heterocycles. The van der Waals surface area contributed by atoms with Crippen molar-refractivity contribution in [1.82, 2.24) is 10.4 Å². The summed E-state index contributed by atoms with van der Waals surface area (Å²) in [5.74, 6) is 1.22. The molecule has 36 heavy (non-hydrogen) atoms. The Morgan fingerprint density at radius 2 is 1.92 bits per heavy atom. The molecule has 4 aromatic rings. The van der Waals surface area contributed by atoms with Crippen molar-refractivity contribution < 1.29 is 19.0 Å². The van der Waals surface area contributed by atoms with E-state index in [-0.39, 0.29) is 13.2 Å². The Hall–Kier alpha value is -3.08. The molecule has 0 radical (unpaired) electrons. The first-order valence-corrected chi connectivity index (χ1v) is 12.5. The van der Waals surface area contributed by atoms with Crippen molar-refractivity contribution >= 4 is 68.8 Å². The molecule has 0 fully saturated rings. The minimum Gasteiger partial charge on any atom is -0.493 e. The van der Waals surface area contributed by atoms with Crippen molar-refractivity contribution in [2.75, 3.05) is 13.7 Å². The molecular weight excluding hydrogens is 616 g/mol. The molecule has 184 valence electrons. The van der Waals surface area contributed by atoms with E-state index in [0.717, 1.165) is 14.5 Å². The molecule has 0 aliphatic heterocycles. The van der Waals surface area contributed by atoms with Gasteiger partial charge in [0.25, 0.3) is 5.91 Å². The molecule has 0 spiro atoms. The zero-order valence-electron chi connectivity index (χ0n) is 19.0. The number of benzene rings is 3. The van der Waals surface area contributed by atoms with Gasteiger partial charge in [0.1, 0.15) is 17.9 Å². The summed E-state index contributed by atoms with van der Waals surface area (Å²) in [5, 5.41) is 6.04. The maximum atomic E-state index is 12.2. The number of carbonyl (C=O) groups excluding carboxylic acids is 1. The van der Waals surface area contributed by atoms with Crippen LogP contribution in [0.3, 0.4) is 0 Å². The van der Waals surface area contributed by atoms with Crippen LogP contribution in [0.5, 0.6) is 17.2 Å². The number of hydrogen-bond donors (Lipinski definition) is 1. The van der Waals surface area contributed by atoms with E-state index in [1.807, 2.05) is 36.4 Å². The lowest BCUT2D eigenvalue weighted by atomic mass is 10.2. The molecule has 0 atom stereocenters. The van der Waals surface area contributed by atoms with Crippen LogP contribution in [0.4, 0.5) is 0 Å². The van der Waals surface area contributed by atoms with Gasteiger partial charge in [-0.15, -0.1) is 0 Å². The molecule has 3 aromatic carbocycles. The highest BCUT2D eigenvalue weighted by atomic mass is 127. The highest BCUT2D eigenvalue weighted by Crippen LogP contribution is 2.35. The van der Waals surface area contributed by atoms with Crippen LogP contribution in [0.25, 0.3) is 10.9 Å². The van der Waals surface area contributed by atoms with Crippen molar-refractivity contribution in [3.63, 3.8) is 0 Å². The van der Waals surface area contributed by atoms with Gasteiger partial charge in [-0.3, -0.25) is 9.78 Å². The van der Waals surface area contributed by atoms with Gasteiger partial charge in [0.15, 0.2) is 18.1 Å². The number of fused-ring (bicyclic) bond motifs is 1. The molecule has 10 heteroatoms. The Labute approximate surface area is 231 Å². The van der Waals surface area contributed by atoms with Crippen LogP contribution in [0.15, 0.2) is 72.0 Å². The summed E-state index contributed by atoms with van der Waals surface area (Å²) in [6, 6.07) is 18.2. The molecule has 0 bridgehead atoms. The van der Waals surface area contributed by atoms with Gasteiger partial charge >= 0.3 is 0 Å². The number of methoxy groups -OCH3 is 1. The van der Waals surface area contributed by atoms with E-state index < -0.39 is 5.91 Å². The number of pyridine rings is 1. The molecule has 1 N–H and O–H groups in total. The highest BCUT2D eigenvalue weighted by Gasteiger charge is 2.13. The first-order valence-electron chi connectivity index (χ1n) is 10.7. The largest absolute Gasteiger partial charge is 0.493 e. The monoisotopic (exact) mass is 635 g/mol. The van der Waals surface area contributed by atoms with Crippen molar-refractivity contribution in [2.45, 2.75) is 6.61 Å². The number of halogens is 3. The topological polar surface area (TPSA) is 82.0 Å². The Morgan fingerprint density at radius 1 is 1.08 bits per heavy atom. The van der Waals surface area contributed by atoms with E-state index in [4.69, 9.17) is 37.4 Å². The van der Waals surface area contributed by atoms with E-state index in [9.17, 15) is 4.79 Å². The molecule has 7 nitrogen and oxygen atoms in total. The third-order valence-corrected chi connectivity index (χ3v) is 6.38. The maximum absolute atomic E-state index is 12.2. The van der Waals surface area contributed by atoms with Crippen LogP contribution in [0.2, 0.25) is 10.0 Å². The number of hydrogen-bond acceptors (Lipinski definition) is 6. The minimum atomic E-state index is -0.402. The smallest absolute Gasteiger partial charge is 0.277 e. The fraction of sp³-hybridized carbons (Fsp3) is 0.115. The van der Waals surface area contributed by atoms with Crippen molar-refractivity contribution in [3.8, 4) is 17.2 Å². The van der Waals surface area contributed by atoms with Crippen molar-refractivity contribution in [2.24, 2.45) is 5.10 Å². The summed E-state index contributed by atoms with van der Waals surface area (Å²) < 4.78 is 17.9. The molecule has 1 heterocycles. The van der Waals surface area contributed by atoms with Crippen LogP contribution < -0.4 is 19.6 Å². The number of aromatic nitrogens is 1. The summed E-state index contributed by atoms with van der Waals surface area (Å²) in [7, 11) is 1.55. The molecule has 0 unspecified atom stereocenters. The van der Waals surface area contributed by atoms with Gasteiger partial charge in [0.05, 0.1) is 16.9 Å². The van der Waals surface area contributed by atoms with Gasteiger partial charge in [-0.2, -0.15) is 5.10 Å². The predicted octanol–water partition coefficient (Wildman–Crippen LogP) is 6.26. The van der Waals surface area contributed by atoms with Crippen LogP contribution >= 0.6 is 45.8 Å². The molecular formula is C26H20Cl2IN3O4. The summed E-state index contributed by atoms with van der Waals surface area (Å²) in [4.78, 5) is 16.5. The summed E-state index contributed by atoms with van der Waals surface area (Å²) >= 11 is 14.3.